The zero-order valence-electron chi connectivity index (χ0n) is 10.4. The fourth-order valence-electron chi connectivity index (χ4n) is 1.62. The number of carboxylic acid groups (broad SMARTS) is 1. The van der Waals surface area contributed by atoms with Crippen molar-refractivity contribution in [3.05, 3.63) is 54.0 Å². The molecule has 0 bridgehead atoms. The van der Waals surface area contributed by atoms with E-state index in [4.69, 9.17) is 9.52 Å². The summed E-state index contributed by atoms with van der Waals surface area (Å²) in [7, 11) is -3.64. The first-order chi connectivity index (χ1) is 9.49. The summed E-state index contributed by atoms with van der Waals surface area (Å²) in [5.74, 6) is -0.409. The number of nitrogens with one attached hydrogen (secondary N) is 1. The number of sulfonamides is 1. The Bertz CT molecular complexity index is 674. The van der Waals surface area contributed by atoms with E-state index in [2.05, 4.69) is 4.72 Å². The van der Waals surface area contributed by atoms with E-state index in [9.17, 15) is 13.2 Å². The van der Waals surface area contributed by atoms with E-state index in [0.29, 0.717) is 12.2 Å². The summed E-state index contributed by atoms with van der Waals surface area (Å²) in [6.45, 7) is 0.205. The van der Waals surface area contributed by atoms with Crippen LogP contribution in [0.25, 0.3) is 0 Å². The average Bonchev–Trinajstić information content (AvgIpc) is 2.92. The number of hydrogen-bond donors (Lipinski definition) is 2. The van der Waals surface area contributed by atoms with Crippen molar-refractivity contribution in [3.8, 4) is 0 Å². The van der Waals surface area contributed by atoms with E-state index in [1.807, 2.05) is 0 Å². The first-order valence-corrected chi connectivity index (χ1v) is 7.33. The van der Waals surface area contributed by atoms with Crippen LogP contribution in [0.5, 0.6) is 0 Å². The molecule has 2 aromatic rings. The van der Waals surface area contributed by atoms with E-state index < -0.39 is 16.0 Å². The summed E-state index contributed by atoms with van der Waals surface area (Å²) in [5.41, 5.74) is 0.0412. The average molecular weight is 295 g/mol. The fourth-order valence-corrected chi connectivity index (χ4v) is 2.66. The molecule has 0 aliphatic rings. The number of benzene rings is 1. The number of rotatable bonds is 6. The Kier molecular flexibility index (Phi) is 4.21. The summed E-state index contributed by atoms with van der Waals surface area (Å²) < 4.78 is 31.4. The quantitative estimate of drug-likeness (QED) is 0.841. The van der Waals surface area contributed by atoms with E-state index in [0.717, 1.165) is 0 Å². The van der Waals surface area contributed by atoms with Crippen molar-refractivity contribution < 1.29 is 22.7 Å². The van der Waals surface area contributed by atoms with Gasteiger partial charge in [0.05, 0.1) is 16.7 Å². The van der Waals surface area contributed by atoms with Gasteiger partial charge in [-0.2, -0.15) is 0 Å². The van der Waals surface area contributed by atoms with Crippen LogP contribution in [0.4, 0.5) is 0 Å². The smallest absolute Gasteiger partial charge is 0.335 e. The van der Waals surface area contributed by atoms with Crippen molar-refractivity contribution >= 4 is 16.0 Å². The van der Waals surface area contributed by atoms with Gasteiger partial charge >= 0.3 is 5.97 Å². The van der Waals surface area contributed by atoms with Crippen molar-refractivity contribution in [3.63, 3.8) is 0 Å². The molecule has 6 nitrogen and oxygen atoms in total. The fraction of sp³-hybridized carbons (Fsp3) is 0.154. The van der Waals surface area contributed by atoms with Crippen LogP contribution >= 0.6 is 0 Å². The molecule has 0 unspecified atom stereocenters. The first-order valence-electron chi connectivity index (χ1n) is 5.84. The second-order valence-corrected chi connectivity index (χ2v) is 5.82. The van der Waals surface area contributed by atoms with Crippen molar-refractivity contribution in [1.82, 2.24) is 4.72 Å². The lowest BCUT2D eigenvalue weighted by molar-refractivity contribution is 0.0696. The summed E-state index contributed by atoms with van der Waals surface area (Å²) >= 11 is 0. The topological polar surface area (TPSA) is 96.6 Å². The Morgan fingerprint density at radius 3 is 2.45 bits per heavy atom. The highest BCUT2D eigenvalue weighted by Gasteiger charge is 2.14. The second-order valence-electron chi connectivity index (χ2n) is 4.06. The molecule has 0 saturated carbocycles. The molecule has 0 spiro atoms. The van der Waals surface area contributed by atoms with Gasteiger partial charge in [-0.3, -0.25) is 0 Å². The number of aromatic carboxylic acids is 1. The third kappa shape index (κ3) is 3.46. The van der Waals surface area contributed by atoms with Crippen LogP contribution in [-0.2, 0) is 16.4 Å². The Labute approximate surface area is 116 Å². The van der Waals surface area contributed by atoms with Gasteiger partial charge in [-0.05, 0) is 36.4 Å². The largest absolute Gasteiger partial charge is 0.478 e. The molecule has 1 aromatic carbocycles. The van der Waals surface area contributed by atoms with Gasteiger partial charge in [-0.15, -0.1) is 0 Å². The molecule has 0 saturated heterocycles. The molecule has 2 rings (SSSR count). The molecular weight excluding hydrogens is 282 g/mol. The molecular formula is C13H13NO5S. The van der Waals surface area contributed by atoms with Crippen LogP contribution in [0, 0.1) is 0 Å². The third-order valence-corrected chi connectivity index (χ3v) is 4.13. The van der Waals surface area contributed by atoms with Crippen molar-refractivity contribution in [2.45, 2.75) is 11.3 Å². The maximum atomic E-state index is 12.0. The Morgan fingerprint density at radius 2 is 1.90 bits per heavy atom. The second kappa shape index (κ2) is 5.89. The lowest BCUT2D eigenvalue weighted by Gasteiger charge is -2.06. The standard InChI is InChI=1S/C13H13NO5S/c15-13(16)10-3-5-12(6-4-10)20(17,18)14-8-7-11-2-1-9-19-11/h1-6,9,14H,7-8H2,(H,15,16). The number of carboxylic acids is 1. The van der Waals surface area contributed by atoms with Crippen LogP contribution in [0.3, 0.4) is 0 Å². The van der Waals surface area contributed by atoms with E-state index in [1.165, 1.54) is 30.5 Å². The molecule has 7 heteroatoms. The summed E-state index contributed by atoms with van der Waals surface area (Å²) in [4.78, 5) is 10.7. The molecule has 0 aliphatic carbocycles. The number of hydrogen-bond acceptors (Lipinski definition) is 4. The molecule has 106 valence electrons. The predicted molar refractivity (Wildman–Crippen MR) is 71.0 cm³/mol. The van der Waals surface area contributed by atoms with Crippen molar-refractivity contribution in [2.75, 3.05) is 6.54 Å². The zero-order chi connectivity index (χ0) is 14.6. The monoisotopic (exact) mass is 295 g/mol. The van der Waals surface area contributed by atoms with Crippen LogP contribution in [0.2, 0.25) is 0 Å². The van der Waals surface area contributed by atoms with Gasteiger partial charge in [0, 0.05) is 13.0 Å². The molecule has 2 N–H and O–H groups in total. The summed E-state index contributed by atoms with van der Waals surface area (Å²) in [6.07, 6.45) is 1.97. The van der Waals surface area contributed by atoms with Crippen molar-refractivity contribution in [2.24, 2.45) is 0 Å². The van der Waals surface area contributed by atoms with Crippen molar-refractivity contribution in [1.29, 1.82) is 0 Å². The third-order valence-electron chi connectivity index (χ3n) is 2.66. The van der Waals surface area contributed by atoms with Gasteiger partial charge in [-0.25, -0.2) is 17.9 Å². The van der Waals surface area contributed by atoms with E-state index >= 15 is 0 Å². The number of furan rings is 1. The highest BCUT2D eigenvalue weighted by Crippen LogP contribution is 2.10. The maximum Gasteiger partial charge on any atom is 0.335 e. The zero-order valence-corrected chi connectivity index (χ0v) is 11.3. The molecule has 0 amide bonds. The first kappa shape index (κ1) is 14.3. The van der Waals surface area contributed by atoms with Gasteiger partial charge in [0.2, 0.25) is 10.0 Å². The lowest BCUT2D eigenvalue weighted by Crippen LogP contribution is -2.25. The Balaban J connectivity index is 2.00. The van der Waals surface area contributed by atoms with Crippen LogP contribution in [0.1, 0.15) is 16.1 Å². The van der Waals surface area contributed by atoms with E-state index in [1.54, 1.807) is 12.1 Å². The molecule has 20 heavy (non-hydrogen) atoms. The summed E-state index contributed by atoms with van der Waals surface area (Å²) in [5, 5.41) is 8.75. The SMILES string of the molecule is O=C(O)c1ccc(S(=O)(=O)NCCc2ccco2)cc1. The lowest BCUT2D eigenvalue weighted by atomic mass is 10.2. The van der Waals surface area contributed by atoms with Gasteiger partial charge in [0.1, 0.15) is 5.76 Å². The van der Waals surface area contributed by atoms with Gasteiger partial charge in [-0.1, -0.05) is 0 Å². The molecule has 1 aromatic heterocycles. The molecule has 1 heterocycles. The van der Waals surface area contributed by atoms with Crippen LogP contribution in [0.15, 0.2) is 52.0 Å². The summed E-state index contributed by atoms with van der Waals surface area (Å²) in [6, 6.07) is 8.52. The highest BCUT2D eigenvalue weighted by atomic mass is 32.2. The minimum atomic E-state index is -3.64. The highest BCUT2D eigenvalue weighted by molar-refractivity contribution is 7.89. The predicted octanol–water partition coefficient (Wildman–Crippen LogP) is 1.50. The maximum absolute atomic E-state index is 12.0. The molecule has 0 atom stereocenters. The number of carbonyl (C=O) groups is 1. The molecule has 0 radical (unpaired) electrons. The molecule has 0 aliphatic heterocycles. The normalized spacial score (nSPS) is 11.4. The minimum absolute atomic E-state index is 0.0296. The van der Waals surface area contributed by atoms with Gasteiger partial charge < -0.3 is 9.52 Å². The van der Waals surface area contributed by atoms with Crippen LogP contribution < -0.4 is 4.72 Å². The van der Waals surface area contributed by atoms with Gasteiger partial charge in [0.25, 0.3) is 0 Å². The molecule has 0 fully saturated rings. The Morgan fingerprint density at radius 1 is 1.20 bits per heavy atom. The van der Waals surface area contributed by atoms with Gasteiger partial charge in [0.15, 0.2) is 0 Å². The van der Waals surface area contributed by atoms with Crippen LogP contribution in [-0.4, -0.2) is 26.0 Å². The Hall–Kier alpha value is -2.12. The minimum Gasteiger partial charge on any atom is -0.478 e. The van der Waals surface area contributed by atoms with E-state index in [-0.39, 0.29) is 17.0 Å².